The third-order valence-corrected chi connectivity index (χ3v) is 2.72. The van der Waals surface area contributed by atoms with Crippen molar-refractivity contribution in [1.82, 2.24) is 4.90 Å². The third-order valence-electron chi connectivity index (χ3n) is 2.03. The second kappa shape index (κ2) is 6.18. The van der Waals surface area contributed by atoms with Crippen LogP contribution in [0.4, 0.5) is 10.1 Å². The van der Waals surface area contributed by atoms with E-state index in [-0.39, 0.29) is 5.82 Å². The number of aliphatic hydroxyl groups is 1. The van der Waals surface area contributed by atoms with Gasteiger partial charge in [-0.1, -0.05) is 0 Å². The van der Waals surface area contributed by atoms with E-state index in [2.05, 4.69) is 21.2 Å². The molecular formula is C11H16BrFN2O. The Hall–Kier alpha value is -0.650. The molecule has 1 rings (SSSR count). The molecule has 0 spiro atoms. The summed E-state index contributed by atoms with van der Waals surface area (Å²) >= 11 is 3.31. The van der Waals surface area contributed by atoms with E-state index in [1.54, 1.807) is 6.07 Å². The number of halogens is 2. The molecule has 3 nitrogen and oxygen atoms in total. The molecule has 1 aromatic carbocycles. The Morgan fingerprint density at radius 1 is 1.50 bits per heavy atom. The molecule has 1 atom stereocenters. The van der Waals surface area contributed by atoms with Crippen LogP contribution in [-0.2, 0) is 0 Å². The lowest BCUT2D eigenvalue weighted by molar-refractivity contribution is 0.148. The molecule has 2 N–H and O–H groups in total. The summed E-state index contributed by atoms with van der Waals surface area (Å²) in [5.41, 5.74) is 0.651. The molecule has 0 aliphatic rings. The van der Waals surface area contributed by atoms with Crippen molar-refractivity contribution in [1.29, 1.82) is 0 Å². The average molecular weight is 291 g/mol. The van der Waals surface area contributed by atoms with Crippen LogP contribution in [0.2, 0.25) is 0 Å². The Morgan fingerprint density at radius 3 is 2.81 bits per heavy atom. The van der Waals surface area contributed by atoms with Gasteiger partial charge in [0.25, 0.3) is 0 Å². The van der Waals surface area contributed by atoms with Gasteiger partial charge in [-0.2, -0.15) is 0 Å². The molecule has 0 heterocycles. The summed E-state index contributed by atoms with van der Waals surface area (Å²) < 4.78 is 13.7. The van der Waals surface area contributed by atoms with E-state index >= 15 is 0 Å². The second-order valence-corrected chi connectivity index (χ2v) is 4.78. The highest BCUT2D eigenvalue weighted by atomic mass is 79.9. The van der Waals surface area contributed by atoms with Crippen LogP contribution < -0.4 is 5.32 Å². The Balaban J connectivity index is 2.51. The van der Waals surface area contributed by atoms with Crippen molar-refractivity contribution in [3.05, 3.63) is 28.5 Å². The SMILES string of the molecule is CN(C)CC(O)CNc1cc(F)ccc1Br. The minimum atomic E-state index is -0.481. The van der Waals surface area contributed by atoms with Crippen molar-refractivity contribution in [3.8, 4) is 0 Å². The summed E-state index contributed by atoms with van der Waals surface area (Å²) in [6.45, 7) is 0.959. The predicted octanol–water partition coefficient (Wildman–Crippen LogP) is 1.92. The fourth-order valence-corrected chi connectivity index (χ4v) is 1.73. The van der Waals surface area contributed by atoms with Gasteiger partial charge >= 0.3 is 0 Å². The number of nitrogens with zero attached hydrogens (tertiary/aromatic N) is 1. The van der Waals surface area contributed by atoms with Gasteiger partial charge in [-0.15, -0.1) is 0 Å². The number of benzene rings is 1. The van der Waals surface area contributed by atoms with E-state index in [9.17, 15) is 9.50 Å². The number of likely N-dealkylation sites (N-methyl/N-ethyl adjacent to an activating group) is 1. The molecule has 0 aromatic heterocycles. The monoisotopic (exact) mass is 290 g/mol. The number of anilines is 1. The summed E-state index contributed by atoms with van der Waals surface area (Å²) in [4.78, 5) is 1.90. The zero-order valence-corrected chi connectivity index (χ0v) is 11.0. The molecule has 0 saturated heterocycles. The average Bonchev–Trinajstić information content (AvgIpc) is 2.18. The highest BCUT2D eigenvalue weighted by Gasteiger charge is 2.07. The Kier molecular flexibility index (Phi) is 5.18. The third kappa shape index (κ3) is 4.47. The maximum Gasteiger partial charge on any atom is 0.125 e. The van der Waals surface area contributed by atoms with Crippen LogP contribution in [0.5, 0.6) is 0 Å². The molecule has 0 amide bonds. The van der Waals surface area contributed by atoms with Crippen LogP contribution in [0.3, 0.4) is 0 Å². The topological polar surface area (TPSA) is 35.5 Å². The molecule has 90 valence electrons. The van der Waals surface area contributed by atoms with E-state index < -0.39 is 6.10 Å². The van der Waals surface area contributed by atoms with E-state index in [0.29, 0.717) is 18.8 Å². The maximum absolute atomic E-state index is 13.0. The highest BCUT2D eigenvalue weighted by Crippen LogP contribution is 2.22. The molecule has 0 saturated carbocycles. The quantitative estimate of drug-likeness (QED) is 0.870. The largest absolute Gasteiger partial charge is 0.390 e. The molecule has 1 aromatic rings. The fraction of sp³-hybridized carbons (Fsp3) is 0.455. The summed E-state index contributed by atoms with van der Waals surface area (Å²) in [5.74, 6) is -0.298. The van der Waals surface area contributed by atoms with Gasteiger partial charge in [-0.25, -0.2) is 4.39 Å². The lowest BCUT2D eigenvalue weighted by Crippen LogP contribution is -2.31. The molecule has 0 radical (unpaired) electrons. The molecule has 16 heavy (non-hydrogen) atoms. The minimum Gasteiger partial charge on any atom is -0.390 e. The number of rotatable bonds is 5. The zero-order valence-electron chi connectivity index (χ0n) is 9.37. The van der Waals surface area contributed by atoms with Gasteiger partial charge < -0.3 is 15.3 Å². The zero-order chi connectivity index (χ0) is 12.1. The molecule has 0 bridgehead atoms. The molecular weight excluding hydrogens is 275 g/mol. The van der Waals surface area contributed by atoms with Crippen LogP contribution in [0.15, 0.2) is 22.7 Å². The van der Waals surface area contributed by atoms with Crippen molar-refractivity contribution < 1.29 is 9.50 Å². The number of hydrogen-bond donors (Lipinski definition) is 2. The van der Waals surface area contributed by atoms with E-state index in [1.165, 1.54) is 12.1 Å². The summed E-state index contributed by atoms with van der Waals surface area (Å²) in [7, 11) is 3.78. The highest BCUT2D eigenvalue weighted by molar-refractivity contribution is 9.10. The number of hydrogen-bond acceptors (Lipinski definition) is 3. The second-order valence-electron chi connectivity index (χ2n) is 3.92. The van der Waals surface area contributed by atoms with Crippen molar-refractivity contribution >= 4 is 21.6 Å². The van der Waals surface area contributed by atoms with Crippen LogP contribution >= 0.6 is 15.9 Å². The van der Waals surface area contributed by atoms with Gasteiger partial charge in [0.05, 0.1) is 11.8 Å². The van der Waals surface area contributed by atoms with E-state index in [0.717, 1.165) is 4.47 Å². The van der Waals surface area contributed by atoms with Gasteiger partial charge in [0, 0.05) is 17.6 Å². The van der Waals surface area contributed by atoms with Crippen molar-refractivity contribution in [2.24, 2.45) is 0 Å². The Labute approximate surface area is 103 Å². The summed E-state index contributed by atoms with van der Waals surface area (Å²) in [5, 5.41) is 12.6. The number of nitrogens with one attached hydrogen (secondary N) is 1. The minimum absolute atomic E-state index is 0.298. The van der Waals surface area contributed by atoms with Crippen molar-refractivity contribution in [2.45, 2.75) is 6.10 Å². The molecule has 5 heteroatoms. The van der Waals surface area contributed by atoms with Crippen LogP contribution in [0.1, 0.15) is 0 Å². The summed E-state index contributed by atoms with van der Waals surface area (Å²) in [6.07, 6.45) is -0.481. The molecule has 1 unspecified atom stereocenters. The first kappa shape index (κ1) is 13.4. The van der Waals surface area contributed by atoms with Gasteiger partial charge in [0.1, 0.15) is 5.82 Å². The van der Waals surface area contributed by atoms with Crippen LogP contribution in [-0.4, -0.2) is 43.3 Å². The predicted molar refractivity (Wildman–Crippen MR) is 67.2 cm³/mol. The first-order valence-electron chi connectivity index (χ1n) is 5.00. The lowest BCUT2D eigenvalue weighted by Gasteiger charge is -2.17. The Morgan fingerprint density at radius 2 is 2.19 bits per heavy atom. The van der Waals surface area contributed by atoms with E-state index in [1.807, 2.05) is 19.0 Å². The standard InChI is InChI=1S/C11H16BrFN2O/c1-15(2)7-9(16)6-14-11-5-8(13)3-4-10(11)12/h3-5,9,14,16H,6-7H2,1-2H3. The fourth-order valence-electron chi connectivity index (χ4n) is 1.35. The van der Waals surface area contributed by atoms with Crippen LogP contribution in [0, 0.1) is 5.82 Å². The molecule has 0 fully saturated rings. The maximum atomic E-state index is 13.0. The van der Waals surface area contributed by atoms with Gasteiger partial charge in [0.2, 0.25) is 0 Å². The van der Waals surface area contributed by atoms with Crippen LogP contribution in [0.25, 0.3) is 0 Å². The van der Waals surface area contributed by atoms with Gasteiger partial charge in [-0.3, -0.25) is 0 Å². The summed E-state index contributed by atoms with van der Waals surface area (Å²) in [6, 6.07) is 4.41. The van der Waals surface area contributed by atoms with E-state index in [4.69, 9.17) is 0 Å². The van der Waals surface area contributed by atoms with Crippen molar-refractivity contribution in [3.63, 3.8) is 0 Å². The van der Waals surface area contributed by atoms with Gasteiger partial charge in [-0.05, 0) is 48.2 Å². The smallest absolute Gasteiger partial charge is 0.125 e. The first-order chi connectivity index (χ1) is 7.49. The normalized spacial score (nSPS) is 12.9. The number of aliphatic hydroxyl groups excluding tert-OH is 1. The van der Waals surface area contributed by atoms with Crippen molar-refractivity contribution in [2.75, 3.05) is 32.5 Å². The first-order valence-corrected chi connectivity index (χ1v) is 5.80. The Bertz CT molecular complexity index is 347. The van der Waals surface area contributed by atoms with Gasteiger partial charge in [0.15, 0.2) is 0 Å². The molecule has 0 aliphatic heterocycles. The lowest BCUT2D eigenvalue weighted by atomic mass is 10.3. The molecule has 0 aliphatic carbocycles.